The minimum atomic E-state index is -0.00855. The number of carbonyl (C=O) groups is 1. The van der Waals surface area contributed by atoms with E-state index in [0.29, 0.717) is 30.3 Å². The molecular formula is C16H26N4O3. The van der Waals surface area contributed by atoms with Crippen molar-refractivity contribution in [1.29, 1.82) is 0 Å². The minimum Gasteiger partial charge on any atom is -0.497 e. The monoisotopic (exact) mass is 322 g/mol. The molecule has 0 fully saturated rings. The first-order valence-corrected chi connectivity index (χ1v) is 7.54. The Balaban J connectivity index is 2.49. The number of hydrogen-bond acceptors (Lipinski definition) is 4. The smallest absolute Gasteiger partial charge is 0.222 e. The third-order valence-electron chi connectivity index (χ3n) is 3.11. The molecule has 0 unspecified atom stereocenters. The second-order valence-corrected chi connectivity index (χ2v) is 5.26. The van der Waals surface area contributed by atoms with E-state index >= 15 is 0 Å². The van der Waals surface area contributed by atoms with Crippen LogP contribution in [-0.4, -0.2) is 39.2 Å². The molecule has 0 atom stereocenters. The minimum absolute atomic E-state index is 0.00855. The lowest BCUT2D eigenvalue weighted by Crippen LogP contribution is -2.29. The zero-order chi connectivity index (χ0) is 17.2. The zero-order valence-corrected chi connectivity index (χ0v) is 14.2. The number of nitrogens with one attached hydrogen (secondary N) is 2. The Morgan fingerprint density at radius 3 is 2.65 bits per heavy atom. The third kappa shape index (κ3) is 6.46. The average Bonchev–Trinajstić information content (AvgIpc) is 2.54. The van der Waals surface area contributed by atoms with Gasteiger partial charge in [-0.25, -0.2) is 0 Å². The standard InChI is InChI=1S/C16H26N4O3/c1-11(2)15(21)18-8-5-9-19-16(17)20-13-10-12(22-3)6-7-14(13)23-4/h6-7,10-11H,5,8-9H2,1-4H3,(H,18,21)(H3,17,19,20). The van der Waals surface area contributed by atoms with Crippen LogP contribution < -0.4 is 25.8 Å². The van der Waals surface area contributed by atoms with Crippen LogP contribution in [0.1, 0.15) is 20.3 Å². The predicted octanol–water partition coefficient (Wildman–Crippen LogP) is 1.59. The fraction of sp³-hybridized carbons (Fsp3) is 0.500. The van der Waals surface area contributed by atoms with Gasteiger partial charge in [0.25, 0.3) is 0 Å². The number of rotatable bonds is 8. The molecule has 0 saturated heterocycles. The predicted molar refractivity (Wildman–Crippen MR) is 92.1 cm³/mol. The van der Waals surface area contributed by atoms with E-state index < -0.39 is 0 Å². The van der Waals surface area contributed by atoms with Gasteiger partial charge in [-0.2, -0.15) is 0 Å². The normalized spacial score (nSPS) is 11.3. The van der Waals surface area contributed by atoms with Gasteiger partial charge >= 0.3 is 0 Å². The Hall–Kier alpha value is -2.44. The SMILES string of the molecule is COc1ccc(OC)c(NC(N)=NCCCNC(=O)C(C)C)c1. The van der Waals surface area contributed by atoms with E-state index in [9.17, 15) is 4.79 Å². The highest BCUT2D eigenvalue weighted by molar-refractivity contribution is 5.94. The van der Waals surface area contributed by atoms with Crippen LogP contribution in [-0.2, 0) is 4.79 Å². The fourth-order valence-electron chi connectivity index (χ4n) is 1.78. The highest BCUT2D eigenvalue weighted by Gasteiger charge is 2.06. The van der Waals surface area contributed by atoms with E-state index in [1.165, 1.54) is 0 Å². The maximum absolute atomic E-state index is 11.4. The van der Waals surface area contributed by atoms with Gasteiger partial charge in [0.2, 0.25) is 5.91 Å². The van der Waals surface area contributed by atoms with Gasteiger partial charge < -0.3 is 25.8 Å². The molecule has 0 heterocycles. The van der Waals surface area contributed by atoms with E-state index in [1.54, 1.807) is 32.4 Å². The van der Waals surface area contributed by atoms with Gasteiger partial charge in [-0.3, -0.25) is 9.79 Å². The summed E-state index contributed by atoms with van der Waals surface area (Å²) in [6.45, 7) is 4.81. The lowest BCUT2D eigenvalue weighted by molar-refractivity contribution is -0.123. The van der Waals surface area contributed by atoms with Crippen molar-refractivity contribution in [2.24, 2.45) is 16.6 Å². The quantitative estimate of drug-likeness (QED) is 0.383. The molecule has 128 valence electrons. The second kappa shape index (κ2) is 9.55. The summed E-state index contributed by atoms with van der Waals surface area (Å²) in [6.07, 6.45) is 0.718. The molecule has 4 N–H and O–H groups in total. The third-order valence-corrected chi connectivity index (χ3v) is 3.11. The summed E-state index contributed by atoms with van der Waals surface area (Å²) >= 11 is 0. The number of methoxy groups -OCH3 is 2. The van der Waals surface area contributed by atoms with Crippen LogP contribution in [0.3, 0.4) is 0 Å². The topological polar surface area (TPSA) is 98.0 Å². The highest BCUT2D eigenvalue weighted by atomic mass is 16.5. The molecule has 1 aromatic carbocycles. The number of carbonyl (C=O) groups excluding carboxylic acids is 1. The Labute approximate surface area is 137 Å². The Bertz CT molecular complexity index is 544. The number of nitrogens with two attached hydrogens (primary N) is 1. The summed E-state index contributed by atoms with van der Waals surface area (Å²) in [4.78, 5) is 15.6. The van der Waals surface area contributed by atoms with Crippen molar-refractivity contribution >= 4 is 17.6 Å². The number of amides is 1. The maximum Gasteiger partial charge on any atom is 0.222 e. The summed E-state index contributed by atoms with van der Waals surface area (Å²) in [5.74, 6) is 1.66. The van der Waals surface area contributed by atoms with Crippen molar-refractivity contribution in [3.8, 4) is 11.5 Å². The number of ether oxygens (including phenoxy) is 2. The molecule has 0 spiro atoms. The van der Waals surface area contributed by atoms with Gasteiger partial charge in [-0.05, 0) is 18.6 Å². The van der Waals surface area contributed by atoms with Gasteiger partial charge in [-0.15, -0.1) is 0 Å². The number of aliphatic imine (C=N–C) groups is 1. The number of benzene rings is 1. The van der Waals surface area contributed by atoms with Crippen molar-refractivity contribution in [2.45, 2.75) is 20.3 Å². The van der Waals surface area contributed by atoms with Crippen LogP contribution in [0.4, 0.5) is 5.69 Å². The molecule has 1 aromatic rings. The van der Waals surface area contributed by atoms with Gasteiger partial charge in [0.15, 0.2) is 5.96 Å². The molecule has 0 aliphatic carbocycles. The van der Waals surface area contributed by atoms with E-state index in [4.69, 9.17) is 15.2 Å². The van der Waals surface area contributed by atoms with E-state index in [1.807, 2.05) is 13.8 Å². The summed E-state index contributed by atoms with van der Waals surface area (Å²) < 4.78 is 10.4. The molecule has 7 heteroatoms. The molecule has 0 aliphatic rings. The van der Waals surface area contributed by atoms with Gasteiger partial charge in [-0.1, -0.05) is 13.8 Å². The van der Waals surface area contributed by atoms with Gasteiger partial charge in [0.1, 0.15) is 11.5 Å². The van der Waals surface area contributed by atoms with Gasteiger partial charge in [0, 0.05) is 25.1 Å². The summed E-state index contributed by atoms with van der Waals surface area (Å²) in [7, 11) is 3.17. The number of guanidine groups is 1. The van der Waals surface area contributed by atoms with E-state index in [0.717, 1.165) is 6.42 Å². The van der Waals surface area contributed by atoms with Crippen LogP contribution in [0.15, 0.2) is 23.2 Å². The number of nitrogens with zero attached hydrogens (tertiary/aromatic N) is 1. The van der Waals surface area contributed by atoms with Crippen molar-refractivity contribution in [3.05, 3.63) is 18.2 Å². The number of anilines is 1. The molecule has 23 heavy (non-hydrogen) atoms. The Morgan fingerprint density at radius 2 is 2.04 bits per heavy atom. The van der Waals surface area contributed by atoms with Crippen LogP contribution in [0.25, 0.3) is 0 Å². The Kier molecular flexibility index (Phi) is 7.73. The van der Waals surface area contributed by atoms with Crippen molar-refractivity contribution < 1.29 is 14.3 Å². The second-order valence-electron chi connectivity index (χ2n) is 5.26. The molecule has 1 amide bonds. The fourth-order valence-corrected chi connectivity index (χ4v) is 1.78. The molecule has 1 rings (SSSR count). The molecule has 0 saturated carbocycles. The summed E-state index contributed by atoms with van der Waals surface area (Å²) in [5, 5.41) is 5.82. The molecule has 0 aliphatic heterocycles. The first-order valence-electron chi connectivity index (χ1n) is 7.54. The summed E-state index contributed by atoms with van der Waals surface area (Å²) in [6, 6.07) is 5.37. The first kappa shape index (κ1) is 18.6. The van der Waals surface area contributed by atoms with Crippen molar-refractivity contribution in [3.63, 3.8) is 0 Å². The van der Waals surface area contributed by atoms with Crippen LogP contribution in [0.2, 0.25) is 0 Å². The highest BCUT2D eigenvalue weighted by Crippen LogP contribution is 2.28. The largest absolute Gasteiger partial charge is 0.497 e. The Morgan fingerprint density at radius 1 is 1.30 bits per heavy atom. The molecule has 0 radical (unpaired) electrons. The van der Waals surface area contributed by atoms with Crippen molar-refractivity contribution in [1.82, 2.24) is 5.32 Å². The van der Waals surface area contributed by atoms with Gasteiger partial charge in [0.05, 0.1) is 19.9 Å². The van der Waals surface area contributed by atoms with Crippen LogP contribution >= 0.6 is 0 Å². The lowest BCUT2D eigenvalue weighted by atomic mass is 10.2. The molecule has 0 aromatic heterocycles. The van der Waals surface area contributed by atoms with E-state index in [2.05, 4.69) is 15.6 Å². The first-order chi connectivity index (χ1) is 11.0. The van der Waals surface area contributed by atoms with Crippen molar-refractivity contribution in [2.75, 3.05) is 32.6 Å². The molecular weight excluding hydrogens is 296 g/mol. The lowest BCUT2D eigenvalue weighted by Gasteiger charge is -2.12. The van der Waals surface area contributed by atoms with E-state index in [-0.39, 0.29) is 17.8 Å². The van der Waals surface area contributed by atoms with Crippen LogP contribution in [0, 0.1) is 5.92 Å². The summed E-state index contributed by atoms with van der Waals surface area (Å²) in [5.41, 5.74) is 6.55. The molecule has 0 bridgehead atoms. The zero-order valence-electron chi connectivity index (χ0n) is 14.2. The average molecular weight is 322 g/mol. The van der Waals surface area contributed by atoms with Crippen LogP contribution in [0.5, 0.6) is 11.5 Å². The number of hydrogen-bond donors (Lipinski definition) is 3. The molecule has 7 nitrogen and oxygen atoms in total. The maximum atomic E-state index is 11.4.